The molecule has 9 aromatic carbocycles. The Kier molecular flexibility index (Phi) is 6.70. The van der Waals surface area contributed by atoms with Crippen molar-refractivity contribution in [3.8, 4) is 39.3 Å². The molecule has 3 nitrogen and oxygen atoms in total. The van der Waals surface area contributed by atoms with Crippen LogP contribution in [0.15, 0.2) is 188 Å². The van der Waals surface area contributed by atoms with E-state index in [4.69, 9.17) is 0 Å². The molecule has 0 fully saturated rings. The highest BCUT2D eigenvalue weighted by molar-refractivity contribution is 6.12. The molecule has 0 unspecified atom stereocenters. The molecule has 298 valence electrons. The predicted molar refractivity (Wildman–Crippen MR) is 265 cm³/mol. The Morgan fingerprint density at radius 3 is 1.11 bits per heavy atom. The number of para-hydroxylation sites is 6. The van der Waals surface area contributed by atoms with Gasteiger partial charge in [0.25, 0.3) is 0 Å². The molecule has 0 spiro atoms. The summed E-state index contributed by atoms with van der Waals surface area (Å²) < 4.78 is 7.50. The Bertz CT molecular complexity index is 3810. The summed E-state index contributed by atoms with van der Waals surface area (Å²) in [6.45, 7) is 9.76. The summed E-state index contributed by atoms with van der Waals surface area (Å²) >= 11 is 0. The van der Waals surface area contributed by atoms with Gasteiger partial charge in [0.05, 0.1) is 38.8 Å². The van der Waals surface area contributed by atoms with Crippen LogP contribution in [0.3, 0.4) is 0 Å². The fraction of sp³-hybridized carbons (Fsp3) is 0.100. The molecule has 0 aliphatic heterocycles. The number of nitrogens with zero attached hydrogens (tertiary/aromatic N) is 3. The monoisotopic (exact) mass is 805 g/mol. The number of fused-ring (bicyclic) bond motifs is 15. The third kappa shape index (κ3) is 4.44. The molecule has 0 amide bonds. The Labute approximate surface area is 365 Å². The van der Waals surface area contributed by atoms with E-state index in [0.717, 1.165) is 0 Å². The summed E-state index contributed by atoms with van der Waals surface area (Å²) in [5.41, 5.74) is 21.3. The normalized spacial score (nSPS) is 14.6. The minimum atomic E-state index is -0.295. The van der Waals surface area contributed by atoms with Crippen molar-refractivity contribution in [1.82, 2.24) is 13.7 Å². The van der Waals surface area contributed by atoms with Crippen LogP contribution in [-0.4, -0.2) is 13.7 Å². The molecular formula is C60H43N3. The summed E-state index contributed by atoms with van der Waals surface area (Å²) in [6, 6.07) is 70.6. The van der Waals surface area contributed by atoms with Gasteiger partial charge < -0.3 is 13.7 Å². The van der Waals surface area contributed by atoms with Crippen LogP contribution in [-0.2, 0) is 10.8 Å². The lowest BCUT2D eigenvalue weighted by Gasteiger charge is -2.27. The summed E-state index contributed by atoms with van der Waals surface area (Å²) in [4.78, 5) is 0. The fourth-order valence-electron chi connectivity index (χ4n) is 12.2. The largest absolute Gasteiger partial charge is 0.309 e. The minimum Gasteiger partial charge on any atom is -0.309 e. The SMILES string of the molecule is CC1(C)c2cc(-n3c4ccccc4c4ccccc43)ccc2-c2cc3c(cc21)-c1cc(-n2c4ccccc4c4ccccc42)cc(-n2c4ccccc4c4ccccc42)c1C3(C)C. The van der Waals surface area contributed by atoms with Gasteiger partial charge in [-0.1, -0.05) is 143 Å². The zero-order chi connectivity index (χ0) is 41.9. The standard InChI is InChI=1S/C60H43N3/c1-59(2)48-32-36(61-51-23-11-5-17-39(51)40-18-6-12-24-52(40)61)29-30-38(48)45-34-50-46(35-49(45)59)47-31-37(62-53-25-13-7-19-41(53)42-20-8-14-26-54(42)62)33-57(58(47)60(50,3)4)63-55-27-15-9-21-43(55)44-22-10-16-28-56(44)63/h5-35H,1-4H3. The molecule has 63 heavy (non-hydrogen) atoms. The second kappa shape index (κ2) is 12.1. The third-order valence-electron chi connectivity index (χ3n) is 15.0. The number of benzene rings is 9. The molecule has 0 atom stereocenters. The van der Waals surface area contributed by atoms with Crippen molar-refractivity contribution in [2.45, 2.75) is 38.5 Å². The Balaban J connectivity index is 1.04. The van der Waals surface area contributed by atoms with Gasteiger partial charge in [-0.2, -0.15) is 0 Å². The van der Waals surface area contributed by atoms with Crippen LogP contribution in [0, 0.1) is 0 Å². The smallest absolute Gasteiger partial charge is 0.0541 e. The van der Waals surface area contributed by atoms with Gasteiger partial charge in [0.1, 0.15) is 0 Å². The molecule has 12 aromatic rings. The highest BCUT2D eigenvalue weighted by Crippen LogP contribution is 2.58. The first-order valence-electron chi connectivity index (χ1n) is 22.3. The Hall–Kier alpha value is -7.62. The molecule has 2 aliphatic carbocycles. The summed E-state index contributed by atoms with van der Waals surface area (Å²) in [6.07, 6.45) is 0. The average Bonchev–Trinajstić information content (AvgIpc) is 4.06. The van der Waals surface area contributed by atoms with Gasteiger partial charge in [-0.25, -0.2) is 0 Å². The molecule has 3 aromatic heterocycles. The van der Waals surface area contributed by atoms with Crippen molar-refractivity contribution in [3.63, 3.8) is 0 Å². The van der Waals surface area contributed by atoms with Gasteiger partial charge in [-0.15, -0.1) is 0 Å². The molecule has 0 N–H and O–H groups in total. The zero-order valence-electron chi connectivity index (χ0n) is 35.7. The van der Waals surface area contributed by atoms with Crippen LogP contribution in [0.1, 0.15) is 49.9 Å². The maximum Gasteiger partial charge on any atom is 0.0541 e. The summed E-state index contributed by atoms with van der Waals surface area (Å²) in [7, 11) is 0. The maximum absolute atomic E-state index is 2.57. The van der Waals surface area contributed by atoms with Crippen LogP contribution < -0.4 is 0 Å². The molecule has 14 rings (SSSR count). The fourth-order valence-corrected chi connectivity index (χ4v) is 12.2. The Morgan fingerprint density at radius 1 is 0.286 bits per heavy atom. The van der Waals surface area contributed by atoms with Crippen molar-refractivity contribution in [2.24, 2.45) is 0 Å². The van der Waals surface area contributed by atoms with Gasteiger partial charge in [-0.3, -0.25) is 0 Å². The van der Waals surface area contributed by atoms with E-state index in [0.29, 0.717) is 0 Å². The minimum absolute atomic E-state index is 0.221. The number of rotatable bonds is 3. The summed E-state index contributed by atoms with van der Waals surface area (Å²) in [5.74, 6) is 0. The van der Waals surface area contributed by atoms with Crippen molar-refractivity contribution < 1.29 is 0 Å². The van der Waals surface area contributed by atoms with E-state index in [9.17, 15) is 0 Å². The molecular weight excluding hydrogens is 763 g/mol. The first-order valence-corrected chi connectivity index (χ1v) is 22.3. The van der Waals surface area contributed by atoms with E-state index in [1.165, 1.54) is 127 Å². The van der Waals surface area contributed by atoms with Crippen molar-refractivity contribution >= 4 is 65.4 Å². The van der Waals surface area contributed by atoms with Crippen LogP contribution in [0.25, 0.3) is 105 Å². The van der Waals surface area contributed by atoms with Crippen LogP contribution in [0.4, 0.5) is 0 Å². The lowest BCUT2D eigenvalue weighted by atomic mass is 9.79. The van der Waals surface area contributed by atoms with Gasteiger partial charge in [-0.05, 0) is 117 Å². The van der Waals surface area contributed by atoms with Crippen molar-refractivity contribution in [1.29, 1.82) is 0 Å². The van der Waals surface area contributed by atoms with Crippen LogP contribution in [0.5, 0.6) is 0 Å². The van der Waals surface area contributed by atoms with E-state index in [1.807, 2.05) is 0 Å². The average molecular weight is 806 g/mol. The Morgan fingerprint density at radius 2 is 0.651 bits per heavy atom. The molecule has 0 bridgehead atoms. The summed E-state index contributed by atoms with van der Waals surface area (Å²) in [5, 5.41) is 7.66. The van der Waals surface area contributed by atoms with Gasteiger partial charge in [0.2, 0.25) is 0 Å². The zero-order valence-corrected chi connectivity index (χ0v) is 35.7. The van der Waals surface area contributed by atoms with E-state index >= 15 is 0 Å². The molecule has 3 heterocycles. The lowest BCUT2D eigenvalue weighted by Crippen LogP contribution is -2.19. The van der Waals surface area contributed by atoms with Crippen LogP contribution in [0.2, 0.25) is 0 Å². The topological polar surface area (TPSA) is 14.8 Å². The van der Waals surface area contributed by atoms with E-state index in [-0.39, 0.29) is 10.8 Å². The molecule has 0 saturated heterocycles. The van der Waals surface area contributed by atoms with Gasteiger partial charge in [0, 0.05) is 54.5 Å². The highest BCUT2D eigenvalue weighted by Gasteiger charge is 2.44. The number of hydrogen-bond donors (Lipinski definition) is 0. The molecule has 0 radical (unpaired) electrons. The second-order valence-electron chi connectivity index (χ2n) is 18.9. The van der Waals surface area contributed by atoms with Crippen LogP contribution >= 0.6 is 0 Å². The number of hydrogen-bond acceptors (Lipinski definition) is 0. The first-order chi connectivity index (χ1) is 30.8. The lowest BCUT2D eigenvalue weighted by molar-refractivity contribution is 0.650. The van der Waals surface area contributed by atoms with E-state index < -0.39 is 0 Å². The third-order valence-corrected chi connectivity index (χ3v) is 15.0. The number of aromatic nitrogens is 3. The second-order valence-corrected chi connectivity index (χ2v) is 18.9. The quantitative estimate of drug-likeness (QED) is 0.169. The molecule has 2 aliphatic rings. The van der Waals surface area contributed by atoms with E-state index in [1.54, 1.807) is 0 Å². The predicted octanol–water partition coefficient (Wildman–Crippen LogP) is 15.6. The molecule has 0 saturated carbocycles. The highest BCUT2D eigenvalue weighted by atomic mass is 15.0. The van der Waals surface area contributed by atoms with Gasteiger partial charge >= 0.3 is 0 Å². The van der Waals surface area contributed by atoms with Gasteiger partial charge in [0.15, 0.2) is 0 Å². The van der Waals surface area contributed by atoms with E-state index in [2.05, 4.69) is 229 Å². The van der Waals surface area contributed by atoms with Crippen molar-refractivity contribution in [3.05, 3.63) is 210 Å². The maximum atomic E-state index is 2.57. The first kappa shape index (κ1) is 35.0. The van der Waals surface area contributed by atoms with Crippen molar-refractivity contribution in [2.75, 3.05) is 0 Å². The molecule has 3 heteroatoms.